The molecule has 1 aromatic carbocycles. The summed E-state index contributed by atoms with van der Waals surface area (Å²) in [5.41, 5.74) is 1.87. The van der Waals surface area contributed by atoms with Gasteiger partial charge in [0.15, 0.2) is 0 Å². The van der Waals surface area contributed by atoms with E-state index in [0.29, 0.717) is 5.02 Å². The molecular formula is C13H13ClN2O2. The van der Waals surface area contributed by atoms with E-state index in [1.54, 1.807) is 18.3 Å². The summed E-state index contributed by atoms with van der Waals surface area (Å²) >= 11 is 6.09. The van der Waals surface area contributed by atoms with E-state index in [1.165, 1.54) is 6.07 Å². The maximum Gasteiger partial charge on any atom is 0.335 e. The van der Waals surface area contributed by atoms with Gasteiger partial charge in [0.2, 0.25) is 0 Å². The Hall–Kier alpha value is -1.81. The molecule has 0 spiro atoms. The van der Waals surface area contributed by atoms with Gasteiger partial charge in [-0.1, -0.05) is 24.6 Å². The summed E-state index contributed by atoms with van der Waals surface area (Å²) in [6.07, 6.45) is 4.65. The first kappa shape index (κ1) is 12.6. The average Bonchev–Trinajstić information content (AvgIpc) is 2.77. The van der Waals surface area contributed by atoms with E-state index >= 15 is 0 Å². The minimum atomic E-state index is -0.981. The van der Waals surface area contributed by atoms with Gasteiger partial charge >= 0.3 is 5.97 Å². The van der Waals surface area contributed by atoms with E-state index in [0.717, 1.165) is 24.1 Å². The predicted molar refractivity (Wildman–Crippen MR) is 69.9 cm³/mol. The van der Waals surface area contributed by atoms with Crippen molar-refractivity contribution < 1.29 is 9.90 Å². The molecule has 0 atom stereocenters. The molecule has 0 saturated heterocycles. The van der Waals surface area contributed by atoms with Crippen LogP contribution in [0, 0.1) is 0 Å². The molecule has 0 bridgehead atoms. The first-order valence-corrected chi connectivity index (χ1v) is 6.05. The molecule has 94 valence electrons. The number of carboxylic acid groups (broad SMARTS) is 1. The smallest absolute Gasteiger partial charge is 0.335 e. The number of hydrogen-bond acceptors (Lipinski definition) is 2. The Labute approximate surface area is 110 Å². The molecular weight excluding hydrogens is 252 g/mol. The largest absolute Gasteiger partial charge is 0.478 e. The Morgan fingerprint density at radius 2 is 2.28 bits per heavy atom. The minimum Gasteiger partial charge on any atom is -0.478 e. The van der Waals surface area contributed by atoms with Crippen molar-refractivity contribution in [2.45, 2.75) is 19.9 Å². The lowest BCUT2D eigenvalue weighted by Crippen LogP contribution is -1.96. The molecule has 0 radical (unpaired) electrons. The van der Waals surface area contributed by atoms with Crippen molar-refractivity contribution in [3.05, 3.63) is 41.2 Å². The summed E-state index contributed by atoms with van der Waals surface area (Å²) in [5, 5.41) is 13.5. The molecule has 1 aromatic heterocycles. The monoisotopic (exact) mass is 264 g/mol. The van der Waals surface area contributed by atoms with Crippen LogP contribution in [-0.4, -0.2) is 20.9 Å². The van der Waals surface area contributed by atoms with Crippen LogP contribution in [0.1, 0.15) is 23.7 Å². The number of rotatable bonds is 4. The van der Waals surface area contributed by atoms with E-state index in [2.05, 4.69) is 12.0 Å². The van der Waals surface area contributed by atoms with Gasteiger partial charge in [-0.25, -0.2) is 4.79 Å². The normalized spacial score (nSPS) is 10.6. The second kappa shape index (κ2) is 5.23. The molecule has 4 nitrogen and oxygen atoms in total. The lowest BCUT2D eigenvalue weighted by molar-refractivity contribution is 0.0697. The minimum absolute atomic E-state index is 0.185. The summed E-state index contributed by atoms with van der Waals surface area (Å²) in [6.45, 7) is 2.93. The Balaban J connectivity index is 2.35. The number of carboxylic acids is 1. The number of benzene rings is 1. The van der Waals surface area contributed by atoms with Crippen molar-refractivity contribution in [2.24, 2.45) is 0 Å². The summed E-state index contributed by atoms with van der Waals surface area (Å²) in [4.78, 5) is 10.8. The van der Waals surface area contributed by atoms with Crippen molar-refractivity contribution in [1.29, 1.82) is 0 Å². The van der Waals surface area contributed by atoms with Crippen molar-refractivity contribution in [3.8, 4) is 11.1 Å². The van der Waals surface area contributed by atoms with Crippen LogP contribution in [0.4, 0.5) is 0 Å². The van der Waals surface area contributed by atoms with E-state index < -0.39 is 5.97 Å². The summed E-state index contributed by atoms with van der Waals surface area (Å²) in [5.74, 6) is -0.981. The third kappa shape index (κ3) is 2.54. The Morgan fingerprint density at radius 3 is 2.89 bits per heavy atom. The van der Waals surface area contributed by atoms with Crippen LogP contribution >= 0.6 is 11.6 Å². The number of aromatic carboxylic acids is 1. The van der Waals surface area contributed by atoms with Gasteiger partial charge in [-0.2, -0.15) is 5.10 Å². The SMILES string of the molecule is CCCn1cc(-c2ccc(C(=O)O)cc2Cl)cn1. The second-order valence-electron chi connectivity index (χ2n) is 3.99. The molecule has 0 unspecified atom stereocenters. The molecule has 0 aliphatic rings. The highest BCUT2D eigenvalue weighted by Crippen LogP contribution is 2.28. The summed E-state index contributed by atoms with van der Waals surface area (Å²) in [6, 6.07) is 4.70. The van der Waals surface area contributed by atoms with Crippen LogP contribution in [0.25, 0.3) is 11.1 Å². The molecule has 0 fully saturated rings. The fourth-order valence-electron chi connectivity index (χ4n) is 1.74. The van der Waals surface area contributed by atoms with Crippen molar-refractivity contribution in [2.75, 3.05) is 0 Å². The Kier molecular flexibility index (Phi) is 3.67. The fourth-order valence-corrected chi connectivity index (χ4v) is 2.03. The van der Waals surface area contributed by atoms with Crippen molar-refractivity contribution >= 4 is 17.6 Å². The molecule has 1 heterocycles. The summed E-state index contributed by atoms with van der Waals surface area (Å²) in [7, 11) is 0. The van der Waals surface area contributed by atoms with E-state index in [1.807, 2.05) is 10.9 Å². The number of aromatic nitrogens is 2. The summed E-state index contributed by atoms with van der Waals surface area (Å²) < 4.78 is 1.84. The number of carbonyl (C=O) groups is 1. The van der Waals surface area contributed by atoms with Gasteiger partial charge in [0.1, 0.15) is 0 Å². The number of nitrogens with zero attached hydrogens (tertiary/aromatic N) is 2. The molecule has 0 amide bonds. The van der Waals surface area contributed by atoms with E-state index in [-0.39, 0.29) is 5.56 Å². The molecule has 1 N–H and O–H groups in total. The standard InChI is InChI=1S/C13H13ClN2O2/c1-2-5-16-8-10(7-15-16)11-4-3-9(13(17)18)6-12(11)14/h3-4,6-8H,2,5H2,1H3,(H,17,18). The van der Waals surface area contributed by atoms with Crippen molar-refractivity contribution in [3.63, 3.8) is 0 Å². The van der Waals surface area contributed by atoms with Crippen LogP contribution < -0.4 is 0 Å². The predicted octanol–water partition coefficient (Wildman–Crippen LogP) is 3.31. The molecule has 0 aliphatic carbocycles. The zero-order valence-electron chi connectivity index (χ0n) is 9.93. The van der Waals surface area contributed by atoms with Gasteiger partial charge < -0.3 is 5.11 Å². The zero-order chi connectivity index (χ0) is 13.1. The Bertz CT molecular complexity index is 578. The lowest BCUT2D eigenvalue weighted by atomic mass is 10.1. The number of hydrogen-bond donors (Lipinski definition) is 1. The van der Waals surface area contributed by atoms with Crippen molar-refractivity contribution in [1.82, 2.24) is 9.78 Å². The van der Waals surface area contributed by atoms with Gasteiger partial charge in [-0.15, -0.1) is 0 Å². The van der Waals surface area contributed by atoms with Crippen LogP contribution in [0.5, 0.6) is 0 Å². The van der Waals surface area contributed by atoms with Crippen LogP contribution in [0.3, 0.4) is 0 Å². The van der Waals surface area contributed by atoms with E-state index in [4.69, 9.17) is 16.7 Å². The highest BCUT2D eigenvalue weighted by atomic mass is 35.5. The van der Waals surface area contributed by atoms with Crippen LogP contribution in [0.2, 0.25) is 5.02 Å². The maximum absolute atomic E-state index is 10.8. The fraction of sp³-hybridized carbons (Fsp3) is 0.231. The Morgan fingerprint density at radius 1 is 1.50 bits per heavy atom. The molecule has 2 rings (SSSR count). The first-order valence-electron chi connectivity index (χ1n) is 5.67. The number of aryl methyl sites for hydroxylation is 1. The second-order valence-corrected chi connectivity index (χ2v) is 4.40. The molecule has 18 heavy (non-hydrogen) atoms. The topological polar surface area (TPSA) is 55.1 Å². The van der Waals surface area contributed by atoms with Gasteiger partial charge in [-0.05, 0) is 18.6 Å². The third-order valence-electron chi connectivity index (χ3n) is 2.61. The van der Waals surface area contributed by atoms with Crippen LogP contribution in [0.15, 0.2) is 30.6 Å². The quantitative estimate of drug-likeness (QED) is 0.922. The van der Waals surface area contributed by atoms with Gasteiger partial charge in [-0.3, -0.25) is 4.68 Å². The maximum atomic E-state index is 10.8. The lowest BCUT2D eigenvalue weighted by Gasteiger charge is -2.02. The molecule has 5 heteroatoms. The number of halogens is 1. The average molecular weight is 265 g/mol. The molecule has 0 saturated carbocycles. The first-order chi connectivity index (χ1) is 8.61. The van der Waals surface area contributed by atoms with E-state index in [9.17, 15) is 4.79 Å². The van der Waals surface area contributed by atoms with Gasteiger partial charge in [0.25, 0.3) is 0 Å². The van der Waals surface area contributed by atoms with Gasteiger partial charge in [0, 0.05) is 28.9 Å². The van der Waals surface area contributed by atoms with Gasteiger partial charge in [0.05, 0.1) is 11.8 Å². The third-order valence-corrected chi connectivity index (χ3v) is 2.93. The van der Waals surface area contributed by atoms with Crippen LogP contribution in [-0.2, 0) is 6.54 Å². The highest BCUT2D eigenvalue weighted by Gasteiger charge is 2.10. The molecule has 2 aromatic rings. The highest BCUT2D eigenvalue weighted by molar-refractivity contribution is 6.33. The zero-order valence-corrected chi connectivity index (χ0v) is 10.7. The molecule has 0 aliphatic heterocycles.